The van der Waals surface area contributed by atoms with Gasteiger partial charge in [-0.2, -0.15) is 0 Å². The standard InChI is InChI=1S/C20H14.CH4/c1-2-6-15(7-3-1)17-12-13-20-18(14-17)11-10-16-8-4-5-9-19(16)20;/h1-14H;1H4. The van der Waals surface area contributed by atoms with Gasteiger partial charge >= 0.3 is 0 Å². The van der Waals surface area contributed by atoms with Crippen LogP contribution in [0.1, 0.15) is 7.43 Å². The van der Waals surface area contributed by atoms with E-state index in [1.165, 1.54) is 32.7 Å². The lowest BCUT2D eigenvalue weighted by Gasteiger charge is -2.07. The van der Waals surface area contributed by atoms with Crippen LogP contribution in [0.25, 0.3) is 32.7 Å². The van der Waals surface area contributed by atoms with Gasteiger partial charge in [0.15, 0.2) is 0 Å². The van der Waals surface area contributed by atoms with Crippen molar-refractivity contribution in [2.45, 2.75) is 7.43 Å². The summed E-state index contributed by atoms with van der Waals surface area (Å²) in [6.07, 6.45) is 0. The van der Waals surface area contributed by atoms with Crippen molar-refractivity contribution in [1.29, 1.82) is 0 Å². The van der Waals surface area contributed by atoms with E-state index in [-0.39, 0.29) is 7.43 Å². The average molecular weight is 270 g/mol. The molecule has 0 amide bonds. The Morgan fingerprint density at radius 2 is 1.10 bits per heavy atom. The van der Waals surface area contributed by atoms with Crippen molar-refractivity contribution in [2.24, 2.45) is 0 Å². The Morgan fingerprint density at radius 3 is 1.95 bits per heavy atom. The number of benzene rings is 4. The maximum Gasteiger partial charge on any atom is -0.0105 e. The Morgan fingerprint density at radius 1 is 0.429 bits per heavy atom. The van der Waals surface area contributed by atoms with Gasteiger partial charge in [-0.05, 0) is 38.7 Å². The quantitative estimate of drug-likeness (QED) is 0.356. The van der Waals surface area contributed by atoms with Crippen molar-refractivity contribution in [2.75, 3.05) is 0 Å². The molecule has 0 aliphatic rings. The van der Waals surface area contributed by atoms with E-state index in [4.69, 9.17) is 0 Å². The molecule has 0 fully saturated rings. The predicted octanol–water partition coefficient (Wildman–Crippen LogP) is 6.30. The van der Waals surface area contributed by atoms with E-state index in [1.54, 1.807) is 0 Å². The molecule has 0 radical (unpaired) electrons. The molecule has 0 nitrogen and oxygen atoms in total. The van der Waals surface area contributed by atoms with E-state index in [9.17, 15) is 0 Å². The van der Waals surface area contributed by atoms with E-state index in [0.29, 0.717) is 0 Å². The van der Waals surface area contributed by atoms with Crippen molar-refractivity contribution < 1.29 is 0 Å². The van der Waals surface area contributed by atoms with Crippen LogP contribution in [0, 0.1) is 0 Å². The van der Waals surface area contributed by atoms with Gasteiger partial charge in [-0.1, -0.05) is 86.3 Å². The molecule has 0 bridgehead atoms. The zero-order chi connectivity index (χ0) is 13.4. The first kappa shape index (κ1) is 13.4. The third kappa shape index (κ3) is 2.30. The van der Waals surface area contributed by atoms with Gasteiger partial charge in [0.1, 0.15) is 0 Å². The molecular weight excluding hydrogens is 252 g/mol. The molecule has 4 aromatic rings. The smallest absolute Gasteiger partial charge is 0.0105 e. The fourth-order valence-electron chi connectivity index (χ4n) is 2.82. The molecule has 0 aromatic heterocycles. The highest BCUT2D eigenvalue weighted by Crippen LogP contribution is 2.29. The van der Waals surface area contributed by atoms with Gasteiger partial charge in [0, 0.05) is 0 Å². The molecule has 0 saturated carbocycles. The molecule has 21 heavy (non-hydrogen) atoms. The number of fused-ring (bicyclic) bond motifs is 3. The lowest BCUT2D eigenvalue weighted by Crippen LogP contribution is -1.80. The summed E-state index contributed by atoms with van der Waals surface area (Å²) in [7, 11) is 0. The first-order valence-electron chi connectivity index (χ1n) is 6.89. The highest BCUT2D eigenvalue weighted by Gasteiger charge is 2.02. The van der Waals surface area contributed by atoms with Gasteiger partial charge in [0.2, 0.25) is 0 Å². The molecule has 0 heterocycles. The van der Waals surface area contributed by atoms with Crippen LogP contribution < -0.4 is 0 Å². The Labute approximate surface area is 125 Å². The minimum Gasteiger partial charge on any atom is -0.0776 e. The SMILES string of the molecule is C.c1ccc(-c2ccc3c(ccc4ccccc43)c2)cc1. The van der Waals surface area contributed by atoms with Gasteiger partial charge in [-0.3, -0.25) is 0 Å². The second-order valence-electron chi connectivity index (χ2n) is 5.09. The summed E-state index contributed by atoms with van der Waals surface area (Å²) in [5.41, 5.74) is 2.54. The minimum absolute atomic E-state index is 0. The summed E-state index contributed by atoms with van der Waals surface area (Å²) < 4.78 is 0. The molecule has 0 spiro atoms. The molecule has 0 heteroatoms. The summed E-state index contributed by atoms with van der Waals surface area (Å²) in [5, 5.41) is 5.24. The van der Waals surface area contributed by atoms with Crippen LogP contribution >= 0.6 is 0 Å². The van der Waals surface area contributed by atoms with Crippen LogP contribution in [0.3, 0.4) is 0 Å². The fraction of sp³-hybridized carbons (Fsp3) is 0.0476. The Kier molecular flexibility index (Phi) is 3.45. The van der Waals surface area contributed by atoms with E-state index in [2.05, 4.69) is 84.9 Å². The lowest BCUT2D eigenvalue weighted by molar-refractivity contribution is 1.65. The zero-order valence-electron chi connectivity index (χ0n) is 11.1. The van der Waals surface area contributed by atoms with Crippen LogP contribution in [0.15, 0.2) is 84.9 Å². The fourth-order valence-corrected chi connectivity index (χ4v) is 2.82. The third-order valence-electron chi connectivity index (χ3n) is 3.85. The Balaban J connectivity index is 0.00000132. The molecule has 0 saturated heterocycles. The van der Waals surface area contributed by atoms with Crippen LogP contribution in [0.2, 0.25) is 0 Å². The predicted molar refractivity (Wildman–Crippen MR) is 93.6 cm³/mol. The topological polar surface area (TPSA) is 0 Å². The molecule has 102 valence electrons. The summed E-state index contributed by atoms with van der Waals surface area (Å²) in [5.74, 6) is 0. The maximum absolute atomic E-state index is 2.27. The van der Waals surface area contributed by atoms with Crippen molar-refractivity contribution in [3.8, 4) is 11.1 Å². The highest BCUT2D eigenvalue weighted by molar-refractivity contribution is 6.08. The minimum atomic E-state index is 0. The molecule has 4 rings (SSSR count). The van der Waals surface area contributed by atoms with Crippen molar-refractivity contribution >= 4 is 21.5 Å². The lowest BCUT2D eigenvalue weighted by atomic mass is 9.97. The first-order valence-corrected chi connectivity index (χ1v) is 6.89. The molecular formula is C21H18. The van der Waals surface area contributed by atoms with Gasteiger partial charge in [0.05, 0.1) is 0 Å². The van der Waals surface area contributed by atoms with Crippen LogP contribution in [0.5, 0.6) is 0 Å². The summed E-state index contributed by atoms with van der Waals surface area (Å²) >= 11 is 0. The normalized spacial score (nSPS) is 10.5. The second-order valence-corrected chi connectivity index (χ2v) is 5.09. The molecule has 4 aromatic carbocycles. The summed E-state index contributed by atoms with van der Waals surface area (Å²) in [4.78, 5) is 0. The maximum atomic E-state index is 2.27. The first-order chi connectivity index (χ1) is 9.92. The van der Waals surface area contributed by atoms with E-state index >= 15 is 0 Å². The van der Waals surface area contributed by atoms with Crippen LogP contribution in [-0.2, 0) is 0 Å². The van der Waals surface area contributed by atoms with Gasteiger partial charge in [-0.15, -0.1) is 0 Å². The molecule has 0 N–H and O–H groups in total. The molecule has 0 atom stereocenters. The summed E-state index contributed by atoms with van der Waals surface area (Å²) in [6.45, 7) is 0. The van der Waals surface area contributed by atoms with E-state index in [0.717, 1.165) is 0 Å². The molecule has 0 aliphatic heterocycles. The van der Waals surface area contributed by atoms with Gasteiger partial charge in [0.25, 0.3) is 0 Å². The van der Waals surface area contributed by atoms with Gasteiger partial charge < -0.3 is 0 Å². The number of hydrogen-bond donors (Lipinski definition) is 0. The largest absolute Gasteiger partial charge is 0.0776 e. The van der Waals surface area contributed by atoms with E-state index in [1.807, 2.05) is 0 Å². The average Bonchev–Trinajstić information content (AvgIpc) is 2.55. The zero-order valence-corrected chi connectivity index (χ0v) is 11.1. The highest BCUT2D eigenvalue weighted by atomic mass is 14.1. The third-order valence-corrected chi connectivity index (χ3v) is 3.85. The summed E-state index contributed by atoms with van der Waals surface area (Å²) in [6, 6.07) is 30.2. The van der Waals surface area contributed by atoms with Crippen molar-refractivity contribution in [3.05, 3.63) is 84.9 Å². The monoisotopic (exact) mass is 270 g/mol. The van der Waals surface area contributed by atoms with Crippen molar-refractivity contribution in [3.63, 3.8) is 0 Å². The Bertz CT molecular complexity index is 889. The Hall–Kier alpha value is -2.60. The van der Waals surface area contributed by atoms with Crippen LogP contribution in [-0.4, -0.2) is 0 Å². The molecule has 0 unspecified atom stereocenters. The number of rotatable bonds is 1. The van der Waals surface area contributed by atoms with Crippen molar-refractivity contribution in [1.82, 2.24) is 0 Å². The van der Waals surface area contributed by atoms with Crippen LogP contribution in [0.4, 0.5) is 0 Å². The van der Waals surface area contributed by atoms with E-state index < -0.39 is 0 Å². The number of hydrogen-bond acceptors (Lipinski definition) is 0. The second kappa shape index (κ2) is 5.41. The molecule has 0 aliphatic carbocycles. The van der Waals surface area contributed by atoms with Gasteiger partial charge in [-0.25, -0.2) is 0 Å².